The third-order valence-corrected chi connectivity index (χ3v) is 4.02. The van der Waals surface area contributed by atoms with E-state index in [4.69, 9.17) is 4.42 Å². The Balaban J connectivity index is 0.00000161. The van der Waals surface area contributed by atoms with E-state index in [1.807, 2.05) is 0 Å². The molecule has 116 valence electrons. The van der Waals surface area contributed by atoms with Gasteiger partial charge in [0.2, 0.25) is 0 Å². The maximum atomic E-state index is 13.0. The molecule has 1 fully saturated rings. The van der Waals surface area contributed by atoms with Crippen LogP contribution < -0.4 is 5.32 Å². The van der Waals surface area contributed by atoms with Crippen molar-refractivity contribution >= 4 is 23.4 Å². The van der Waals surface area contributed by atoms with Gasteiger partial charge in [-0.15, -0.1) is 12.4 Å². The summed E-state index contributed by atoms with van der Waals surface area (Å²) in [4.78, 5) is 0. The lowest BCUT2D eigenvalue weighted by atomic mass is 9.85. The van der Waals surface area contributed by atoms with Crippen LogP contribution in [0.4, 0.5) is 13.2 Å². The standard InChI is InChI=1S/C15H16F3NO.ClH/c1-9-8-10(4-6-19-9)11-2-3-13(15(16,17)18)12-5-7-20-14(11)12;/h2-3,5,7,9-10,19H,4,6,8H2,1H3;1H/t9-,10+;/m0./s1. The topological polar surface area (TPSA) is 25.2 Å². The zero-order chi connectivity index (χ0) is 14.3. The van der Waals surface area contributed by atoms with Gasteiger partial charge in [0, 0.05) is 11.4 Å². The van der Waals surface area contributed by atoms with Crippen LogP contribution in [0, 0.1) is 0 Å². The second kappa shape index (κ2) is 5.89. The third kappa shape index (κ3) is 3.04. The number of piperidine rings is 1. The van der Waals surface area contributed by atoms with Crippen molar-refractivity contribution in [3.8, 4) is 0 Å². The normalized spacial score (nSPS) is 23.0. The number of rotatable bonds is 1. The van der Waals surface area contributed by atoms with E-state index in [9.17, 15) is 13.2 Å². The van der Waals surface area contributed by atoms with E-state index in [2.05, 4.69) is 12.2 Å². The molecule has 6 heteroatoms. The van der Waals surface area contributed by atoms with Crippen LogP contribution >= 0.6 is 12.4 Å². The van der Waals surface area contributed by atoms with Gasteiger partial charge < -0.3 is 9.73 Å². The van der Waals surface area contributed by atoms with Gasteiger partial charge in [0.15, 0.2) is 0 Å². The Morgan fingerprint density at radius 3 is 2.67 bits per heavy atom. The van der Waals surface area contributed by atoms with Crippen LogP contribution in [0.3, 0.4) is 0 Å². The van der Waals surface area contributed by atoms with Crippen molar-refractivity contribution in [2.45, 2.75) is 37.9 Å². The first-order valence-corrected chi connectivity index (χ1v) is 6.77. The van der Waals surface area contributed by atoms with Gasteiger partial charge >= 0.3 is 6.18 Å². The lowest BCUT2D eigenvalue weighted by Gasteiger charge is -2.28. The summed E-state index contributed by atoms with van der Waals surface area (Å²) < 4.78 is 44.3. The van der Waals surface area contributed by atoms with Crippen molar-refractivity contribution in [1.82, 2.24) is 5.32 Å². The fourth-order valence-electron chi connectivity index (χ4n) is 3.07. The molecule has 1 saturated heterocycles. The molecule has 0 radical (unpaired) electrons. The maximum Gasteiger partial charge on any atom is 0.417 e. The van der Waals surface area contributed by atoms with E-state index >= 15 is 0 Å². The lowest BCUT2D eigenvalue weighted by molar-refractivity contribution is -0.136. The summed E-state index contributed by atoms with van der Waals surface area (Å²) in [6, 6.07) is 4.55. The van der Waals surface area contributed by atoms with Crippen molar-refractivity contribution in [2.24, 2.45) is 0 Å². The SMILES string of the molecule is C[C@H]1C[C@H](c2ccc(C(F)(F)F)c3ccoc23)CCN1.Cl. The monoisotopic (exact) mass is 319 g/mol. The molecule has 0 unspecified atom stereocenters. The van der Waals surface area contributed by atoms with E-state index in [1.165, 1.54) is 18.4 Å². The number of hydrogen-bond acceptors (Lipinski definition) is 2. The summed E-state index contributed by atoms with van der Waals surface area (Å²) >= 11 is 0. The predicted molar refractivity (Wildman–Crippen MR) is 77.9 cm³/mol. The zero-order valence-corrected chi connectivity index (χ0v) is 12.4. The Hall–Kier alpha value is -1.20. The van der Waals surface area contributed by atoms with Gasteiger partial charge in [0.05, 0.1) is 11.8 Å². The number of fused-ring (bicyclic) bond motifs is 1. The highest BCUT2D eigenvalue weighted by Gasteiger charge is 2.34. The first kappa shape index (κ1) is 16.2. The van der Waals surface area contributed by atoms with Crippen molar-refractivity contribution in [2.75, 3.05) is 6.54 Å². The number of furan rings is 1. The highest BCUT2D eigenvalue weighted by atomic mass is 35.5. The molecule has 0 aliphatic carbocycles. The van der Waals surface area contributed by atoms with Gasteiger partial charge in [-0.05, 0) is 49.9 Å². The van der Waals surface area contributed by atoms with Gasteiger partial charge in [-0.3, -0.25) is 0 Å². The van der Waals surface area contributed by atoms with Crippen LogP contribution in [0.5, 0.6) is 0 Å². The summed E-state index contributed by atoms with van der Waals surface area (Å²) in [5.74, 6) is 0.252. The van der Waals surface area contributed by atoms with Crippen LogP contribution in [0.25, 0.3) is 11.0 Å². The average Bonchev–Trinajstić information content (AvgIpc) is 2.85. The minimum Gasteiger partial charge on any atom is -0.464 e. The molecule has 2 nitrogen and oxygen atoms in total. The Morgan fingerprint density at radius 1 is 1.24 bits per heavy atom. The number of alkyl halides is 3. The molecule has 1 N–H and O–H groups in total. The first-order valence-electron chi connectivity index (χ1n) is 6.77. The molecular formula is C15H17ClF3NO. The van der Waals surface area contributed by atoms with Gasteiger partial charge in [-0.25, -0.2) is 0 Å². The number of halogens is 4. The third-order valence-electron chi connectivity index (χ3n) is 4.02. The van der Waals surface area contributed by atoms with E-state index in [0.29, 0.717) is 11.6 Å². The van der Waals surface area contributed by atoms with Crippen LogP contribution in [-0.2, 0) is 6.18 Å². The lowest BCUT2D eigenvalue weighted by Crippen LogP contribution is -2.34. The second-order valence-electron chi connectivity index (χ2n) is 5.44. The average molecular weight is 320 g/mol. The quantitative estimate of drug-likeness (QED) is 0.822. The molecule has 0 amide bonds. The van der Waals surface area contributed by atoms with Crippen molar-refractivity contribution in [3.63, 3.8) is 0 Å². The molecular weight excluding hydrogens is 303 g/mol. The van der Waals surface area contributed by atoms with Crippen LogP contribution in [0.1, 0.15) is 36.8 Å². The summed E-state index contributed by atoms with van der Waals surface area (Å²) in [6.45, 7) is 2.98. The number of nitrogens with one attached hydrogen (secondary N) is 1. The molecule has 2 heterocycles. The van der Waals surface area contributed by atoms with Crippen molar-refractivity contribution in [3.05, 3.63) is 35.6 Å². The van der Waals surface area contributed by atoms with Gasteiger partial charge in [-0.1, -0.05) is 6.07 Å². The van der Waals surface area contributed by atoms with Gasteiger partial charge in [-0.2, -0.15) is 13.2 Å². The van der Waals surface area contributed by atoms with E-state index in [1.54, 1.807) is 6.07 Å². The number of hydrogen-bond donors (Lipinski definition) is 1. The summed E-state index contributed by atoms with van der Waals surface area (Å²) in [7, 11) is 0. The Bertz CT molecular complexity index is 623. The molecule has 2 aromatic rings. The smallest absolute Gasteiger partial charge is 0.417 e. The van der Waals surface area contributed by atoms with Crippen molar-refractivity contribution < 1.29 is 17.6 Å². The molecule has 1 aromatic heterocycles. The first-order chi connectivity index (χ1) is 9.47. The van der Waals surface area contributed by atoms with Crippen LogP contribution in [0.15, 0.2) is 28.9 Å². The fraction of sp³-hybridized carbons (Fsp3) is 0.467. The minimum atomic E-state index is -4.35. The molecule has 1 aliphatic heterocycles. The summed E-state index contributed by atoms with van der Waals surface area (Å²) in [6.07, 6.45) is -1.16. The van der Waals surface area contributed by atoms with Crippen LogP contribution in [-0.4, -0.2) is 12.6 Å². The largest absolute Gasteiger partial charge is 0.464 e. The zero-order valence-electron chi connectivity index (χ0n) is 11.5. The number of benzene rings is 1. The van der Waals surface area contributed by atoms with E-state index in [-0.39, 0.29) is 23.7 Å². The van der Waals surface area contributed by atoms with Gasteiger partial charge in [0.25, 0.3) is 0 Å². The Morgan fingerprint density at radius 2 is 2.00 bits per heavy atom. The molecule has 0 spiro atoms. The summed E-state index contributed by atoms with van der Waals surface area (Å²) in [5, 5.41) is 3.52. The summed E-state index contributed by atoms with van der Waals surface area (Å²) in [5.41, 5.74) is 0.664. The second-order valence-corrected chi connectivity index (χ2v) is 5.44. The fourth-order valence-corrected chi connectivity index (χ4v) is 3.07. The highest BCUT2D eigenvalue weighted by molar-refractivity contribution is 5.85. The predicted octanol–water partition coefficient (Wildman–Crippen LogP) is 4.73. The molecule has 0 bridgehead atoms. The maximum absolute atomic E-state index is 13.0. The minimum absolute atomic E-state index is 0. The molecule has 0 saturated carbocycles. The van der Waals surface area contributed by atoms with E-state index < -0.39 is 11.7 Å². The molecule has 21 heavy (non-hydrogen) atoms. The van der Waals surface area contributed by atoms with E-state index in [0.717, 1.165) is 24.9 Å². The highest BCUT2D eigenvalue weighted by Crippen LogP contribution is 2.40. The van der Waals surface area contributed by atoms with Crippen molar-refractivity contribution in [1.29, 1.82) is 0 Å². The van der Waals surface area contributed by atoms with Crippen LogP contribution in [0.2, 0.25) is 0 Å². The Labute approximate surface area is 127 Å². The molecule has 3 rings (SSSR count). The Kier molecular flexibility index (Phi) is 4.54. The molecule has 2 atom stereocenters. The molecule has 1 aromatic carbocycles. The molecule has 1 aliphatic rings. The van der Waals surface area contributed by atoms with Gasteiger partial charge in [0.1, 0.15) is 5.58 Å².